The summed E-state index contributed by atoms with van der Waals surface area (Å²) < 4.78 is 11.5. The molecule has 4 nitrogen and oxygen atoms in total. The maximum atomic E-state index is 12.2. The monoisotopic (exact) mass is 361 g/mol. The van der Waals surface area contributed by atoms with Crippen molar-refractivity contribution in [3.63, 3.8) is 0 Å². The molecule has 0 bridgehead atoms. The minimum absolute atomic E-state index is 0.0629. The van der Waals surface area contributed by atoms with Crippen LogP contribution in [0.1, 0.15) is 28.8 Å². The third-order valence-corrected chi connectivity index (χ3v) is 4.87. The summed E-state index contributed by atoms with van der Waals surface area (Å²) in [6, 6.07) is 21.8. The Morgan fingerprint density at radius 3 is 2.67 bits per heavy atom. The second-order valence-corrected chi connectivity index (χ2v) is 6.81. The maximum Gasteiger partial charge on any atom is 0.251 e. The highest BCUT2D eigenvalue weighted by Gasteiger charge is 2.16. The van der Waals surface area contributed by atoms with E-state index in [0.717, 1.165) is 41.5 Å². The normalized spacial score (nSPS) is 16.4. The van der Waals surface area contributed by atoms with Crippen molar-refractivity contribution in [3.8, 4) is 5.75 Å². The van der Waals surface area contributed by atoms with Crippen LogP contribution in [0.4, 0.5) is 0 Å². The lowest BCUT2D eigenvalue weighted by Crippen LogP contribution is -2.31. The van der Waals surface area contributed by atoms with E-state index < -0.39 is 0 Å². The number of amides is 1. The Kier molecular flexibility index (Phi) is 5.35. The molecule has 27 heavy (non-hydrogen) atoms. The first kappa shape index (κ1) is 17.6. The Hall–Kier alpha value is -2.85. The zero-order valence-electron chi connectivity index (χ0n) is 15.2. The highest BCUT2D eigenvalue weighted by molar-refractivity contribution is 5.94. The molecule has 1 heterocycles. The van der Waals surface area contributed by atoms with Crippen LogP contribution in [0.3, 0.4) is 0 Å². The molecule has 1 atom stereocenters. The molecule has 0 aliphatic carbocycles. The van der Waals surface area contributed by atoms with Gasteiger partial charge in [0.15, 0.2) is 0 Å². The molecule has 3 aromatic rings. The zero-order chi connectivity index (χ0) is 18.5. The molecule has 0 spiro atoms. The van der Waals surface area contributed by atoms with Crippen molar-refractivity contribution in [2.45, 2.75) is 25.6 Å². The average Bonchev–Trinajstić information content (AvgIpc) is 3.24. The van der Waals surface area contributed by atoms with Gasteiger partial charge in [-0.15, -0.1) is 0 Å². The Balaban J connectivity index is 1.35. The lowest BCUT2D eigenvalue weighted by Gasteiger charge is -2.12. The van der Waals surface area contributed by atoms with Gasteiger partial charge in [0.1, 0.15) is 12.4 Å². The summed E-state index contributed by atoms with van der Waals surface area (Å²) in [5, 5.41) is 5.21. The van der Waals surface area contributed by atoms with Gasteiger partial charge < -0.3 is 14.8 Å². The SMILES string of the molecule is O=C(NCC1CCCO1)c1ccc(COc2cccc3ccccc23)cc1. The van der Waals surface area contributed by atoms with E-state index in [0.29, 0.717) is 18.7 Å². The van der Waals surface area contributed by atoms with Gasteiger partial charge in [-0.25, -0.2) is 0 Å². The molecule has 1 unspecified atom stereocenters. The Bertz CT molecular complexity index is 909. The highest BCUT2D eigenvalue weighted by Crippen LogP contribution is 2.26. The summed E-state index contributed by atoms with van der Waals surface area (Å²) in [4.78, 5) is 12.2. The van der Waals surface area contributed by atoms with Gasteiger partial charge >= 0.3 is 0 Å². The second kappa shape index (κ2) is 8.23. The van der Waals surface area contributed by atoms with Crippen LogP contribution in [0.15, 0.2) is 66.7 Å². The average molecular weight is 361 g/mol. The Labute approximate surface area is 159 Å². The number of hydrogen-bond acceptors (Lipinski definition) is 3. The number of hydrogen-bond donors (Lipinski definition) is 1. The van der Waals surface area contributed by atoms with Crippen molar-refractivity contribution in [1.29, 1.82) is 0 Å². The van der Waals surface area contributed by atoms with Gasteiger partial charge in [-0.1, -0.05) is 48.5 Å². The van der Waals surface area contributed by atoms with E-state index in [1.165, 1.54) is 0 Å². The van der Waals surface area contributed by atoms with Gasteiger partial charge in [0.2, 0.25) is 0 Å². The van der Waals surface area contributed by atoms with Crippen LogP contribution in [0.5, 0.6) is 5.75 Å². The van der Waals surface area contributed by atoms with E-state index >= 15 is 0 Å². The lowest BCUT2D eigenvalue weighted by molar-refractivity contribution is 0.0857. The van der Waals surface area contributed by atoms with Crippen LogP contribution in [-0.4, -0.2) is 25.2 Å². The third-order valence-electron chi connectivity index (χ3n) is 4.87. The quantitative estimate of drug-likeness (QED) is 0.711. The van der Waals surface area contributed by atoms with Gasteiger partial charge in [-0.2, -0.15) is 0 Å². The topological polar surface area (TPSA) is 47.6 Å². The summed E-state index contributed by atoms with van der Waals surface area (Å²) in [6.45, 7) is 1.84. The molecule has 1 saturated heterocycles. The molecule has 0 aromatic heterocycles. The first-order valence-electron chi connectivity index (χ1n) is 9.39. The van der Waals surface area contributed by atoms with Crippen molar-refractivity contribution >= 4 is 16.7 Å². The van der Waals surface area contributed by atoms with E-state index in [4.69, 9.17) is 9.47 Å². The smallest absolute Gasteiger partial charge is 0.251 e. The molecule has 0 saturated carbocycles. The van der Waals surface area contributed by atoms with Gasteiger partial charge in [-0.05, 0) is 42.0 Å². The summed E-state index contributed by atoms with van der Waals surface area (Å²) in [5.74, 6) is 0.804. The minimum Gasteiger partial charge on any atom is -0.488 e. The van der Waals surface area contributed by atoms with Crippen LogP contribution < -0.4 is 10.1 Å². The molecule has 1 amide bonds. The lowest BCUT2D eigenvalue weighted by atomic mass is 10.1. The predicted octanol–water partition coefficient (Wildman–Crippen LogP) is 4.33. The van der Waals surface area contributed by atoms with E-state index in [-0.39, 0.29) is 12.0 Å². The molecular weight excluding hydrogens is 338 g/mol. The van der Waals surface area contributed by atoms with Crippen molar-refractivity contribution in [3.05, 3.63) is 77.9 Å². The molecule has 0 radical (unpaired) electrons. The fraction of sp³-hybridized carbons (Fsp3) is 0.261. The van der Waals surface area contributed by atoms with Crippen LogP contribution in [0, 0.1) is 0 Å². The predicted molar refractivity (Wildman–Crippen MR) is 106 cm³/mol. The molecular formula is C23H23NO3. The van der Waals surface area contributed by atoms with Gasteiger partial charge in [0.05, 0.1) is 6.10 Å². The molecule has 3 aromatic carbocycles. The highest BCUT2D eigenvalue weighted by atomic mass is 16.5. The second-order valence-electron chi connectivity index (χ2n) is 6.81. The standard InChI is InChI=1S/C23H23NO3/c25-23(24-15-20-7-4-14-26-20)19-12-10-17(11-13-19)16-27-22-9-3-6-18-5-1-2-8-21(18)22/h1-3,5-6,8-13,20H,4,7,14-16H2,(H,24,25). The largest absolute Gasteiger partial charge is 0.488 e. The number of carbonyl (C=O) groups is 1. The summed E-state index contributed by atoms with van der Waals surface area (Å²) in [7, 11) is 0. The van der Waals surface area contributed by atoms with Crippen molar-refractivity contribution in [2.24, 2.45) is 0 Å². The summed E-state index contributed by atoms with van der Waals surface area (Å²) in [6.07, 6.45) is 2.25. The van der Waals surface area contributed by atoms with Crippen molar-refractivity contribution in [1.82, 2.24) is 5.32 Å². The van der Waals surface area contributed by atoms with Gasteiger partial charge in [0.25, 0.3) is 5.91 Å². The number of carbonyl (C=O) groups excluding carboxylic acids is 1. The molecule has 1 N–H and O–H groups in total. The summed E-state index contributed by atoms with van der Waals surface area (Å²) >= 11 is 0. The van der Waals surface area contributed by atoms with Crippen LogP contribution in [0.2, 0.25) is 0 Å². The van der Waals surface area contributed by atoms with Gasteiger partial charge in [-0.3, -0.25) is 4.79 Å². The Morgan fingerprint density at radius 2 is 1.85 bits per heavy atom. The Morgan fingerprint density at radius 1 is 1.04 bits per heavy atom. The third kappa shape index (κ3) is 4.29. The van der Waals surface area contributed by atoms with Crippen LogP contribution in [0.25, 0.3) is 10.8 Å². The van der Waals surface area contributed by atoms with E-state index in [2.05, 4.69) is 23.5 Å². The van der Waals surface area contributed by atoms with Gasteiger partial charge in [0, 0.05) is 24.1 Å². The van der Waals surface area contributed by atoms with E-state index in [1.54, 1.807) is 0 Å². The van der Waals surface area contributed by atoms with Crippen LogP contribution in [-0.2, 0) is 11.3 Å². The minimum atomic E-state index is -0.0629. The molecule has 4 heteroatoms. The van der Waals surface area contributed by atoms with Crippen LogP contribution >= 0.6 is 0 Å². The number of fused-ring (bicyclic) bond motifs is 1. The first-order chi connectivity index (χ1) is 13.3. The number of nitrogens with one attached hydrogen (secondary N) is 1. The molecule has 138 valence electrons. The fourth-order valence-electron chi connectivity index (χ4n) is 3.35. The maximum absolute atomic E-state index is 12.2. The summed E-state index contributed by atoms with van der Waals surface area (Å²) in [5.41, 5.74) is 1.68. The first-order valence-corrected chi connectivity index (χ1v) is 9.39. The fourth-order valence-corrected chi connectivity index (χ4v) is 3.35. The molecule has 4 rings (SSSR count). The van der Waals surface area contributed by atoms with E-state index in [9.17, 15) is 4.79 Å². The van der Waals surface area contributed by atoms with Crippen molar-refractivity contribution < 1.29 is 14.3 Å². The van der Waals surface area contributed by atoms with E-state index in [1.807, 2.05) is 48.5 Å². The van der Waals surface area contributed by atoms with Crippen molar-refractivity contribution in [2.75, 3.05) is 13.2 Å². The molecule has 1 aliphatic rings. The zero-order valence-corrected chi connectivity index (χ0v) is 15.2. The molecule has 1 fully saturated rings. The molecule has 1 aliphatic heterocycles. The number of benzene rings is 3. The number of ether oxygens (including phenoxy) is 2. The number of rotatable bonds is 6.